The number of carbonyl (C=O) groups excluding carboxylic acids is 1. The van der Waals surface area contributed by atoms with Gasteiger partial charge in [-0.3, -0.25) is 4.79 Å². The molecule has 0 bridgehead atoms. The van der Waals surface area contributed by atoms with E-state index in [1.807, 2.05) is 4.90 Å². The molecule has 2 aliphatic heterocycles. The zero-order valence-electron chi connectivity index (χ0n) is 16.9. The first-order valence-electron chi connectivity index (χ1n) is 9.54. The minimum absolute atomic E-state index is 0.00421. The van der Waals surface area contributed by atoms with Crippen LogP contribution in [-0.4, -0.2) is 56.5 Å². The molecule has 2 aliphatic rings. The molecule has 2 fully saturated rings. The number of anilines is 1. The number of fused-ring (bicyclic) bond motifs is 1. The van der Waals surface area contributed by atoms with Crippen molar-refractivity contribution in [1.29, 1.82) is 0 Å². The molecule has 0 aromatic heterocycles. The van der Waals surface area contributed by atoms with Crippen molar-refractivity contribution in [3.8, 4) is 11.5 Å². The molecule has 0 unspecified atom stereocenters. The summed E-state index contributed by atoms with van der Waals surface area (Å²) in [5.74, 6) is 0.875. The molecular formula is C21H21ClN2O5S2. The van der Waals surface area contributed by atoms with E-state index in [0.717, 1.165) is 5.56 Å². The van der Waals surface area contributed by atoms with Crippen molar-refractivity contribution in [3.05, 3.63) is 53.1 Å². The summed E-state index contributed by atoms with van der Waals surface area (Å²) in [6.45, 7) is 0. The van der Waals surface area contributed by atoms with Gasteiger partial charge in [0.2, 0.25) is 0 Å². The smallest absolute Gasteiger partial charge is 0.252 e. The van der Waals surface area contributed by atoms with Crippen LogP contribution in [0.4, 0.5) is 5.69 Å². The first-order chi connectivity index (χ1) is 14.8. The molecule has 2 atom stereocenters. The van der Waals surface area contributed by atoms with Crippen LogP contribution in [0.15, 0.2) is 47.5 Å². The van der Waals surface area contributed by atoms with Gasteiger partial charge in [-0.25, -0.2) is 8.42 Å². The van der Waals surface area contributed by atoms with Crippen LogP contribution in [0.3, 0.4) is 0 Å². The van der Waals surface area contributed by atoms with Crippen LogP contribution in [0.1, 0.15) is 5.56 Å². The van der Waals surface area contributed by atoms with Crippen molar-refractivity contribution >= 4 is 50.0 Å². The summed E-state index contributed by atoms with van der Waals surface area (Å²) in [7, 11) is -0.0716. The van der Waals surface area contributed by atoms with Crippen LogP contribution in [0.25, 0.3) is 0 Å². The number of hydrogen-bond donors (Lipinski definition) is 0. The van der Waals surface area contributed by atoms with Gasteiger partial charge in [-0.05, 0) is 29.8 Å². The zero-order chi connectivity index (χ0) is 22.2. The van der Waals surface area contributed by atoms with Gasteiger partial charge in [-0.15, -0.1) is 0 Å². The molecule has 0 aliphatic carbocycles. The fourth-order valence-electron chi connectivity index (χ4n) is 3.75. The van der Waals surface area contributed by atoms with Crippen LogP contribution in [0, 0.1) is 0 Å². The average molecular weight is 481 g/mol. The second-order valence-corrected chi connectivity index (χ2v) is 11.1. The van der Waals surface area contributed by atoms with Crippen molar-refractivity contribution in [2.45, 2.75) is 17.7 Å². The number of ether oxygens (including phenoxy) is 2. The lowest BCUT2D eigenvalue weighted by Crippen LogP contribution is -2.38. The van der Waals surface area contributed by atoms with Crippen LogP contribution in [0.2, 0.25) is 5.02 Å². The molecule has 0 N–H and O–H groups in total. The molecule has 1 amide bonds. The lowest BCUT2D eigenvalue weighted by Gasteiger charge is -2.26. The number of amidine groups is 1. The molecular weight excluding hydrogens is 460 g/mol. The third-order valence-corrected chi connectivity index (χ3v) is 8.66. The van der Waals surface area contributed by atoms with Gasteiger partial charge in [0.1, 0.15) is 11.5 Å². The van der Waals surface area contributed by atoms with Gasteiger partial charge in [0.25, 0.3) is 5.91 Å². The molecule has 0 radical (unpaired) electrons. The number of aliphatic imine (C=N–C) groups is 1. The Hall–Kier alpha value is -2.23. The van der Waals surface area contributed by atoms with E-state index in [0.29, 0.717) is 27.4 Å². The molecule has 10 heteroatoms. The number of sulfone groups is 1. The molecule has 2 heterocycles. The average Bonchev–Trinajstić information content (AvgIpc) is 3.19. The summed E-state index contributed by atoms with van der Waals surface area (Å²) in [5.41, 5.74) is 1.46. The molecule has 0 saturated carbocycles. The third-order valence-electron chi connectivity index (χ3n) is 5.20. The Morgan fingerprint density at radius 1 is 1.16 bits per heavy atom. The van der Waals surface area contributed by atoms with Gasteiger partial charge in [0.05, 0.1) is 43.9 Å². The Kier molecular flexibility index (Phi) is 6.18. The molecule has 2 aromatic rings. The van der Waals surface area contributed by atoms with E-state index in [1.54, 1.807) is 49.6 Å². The SMILES string of the molecule is COc1ccc(N2C(=NC(=O)Cc3ccc(Cl)cc3)S[C@@H]3CS(=O)(=O)C[C@H]32)c(OC)c1. The van der Waals surface area contributed by atoms with E-state index in [2.05, 4.69) is 4.99 Å². The fourth-order valence-corrected chi connectivity index (χ4v) is 7.80. The van der Waals surface area contributed by atoms with Gasteiger partial charge in [-0.1, -0.05) is 35.5 Å². The molecule has 0 spiro atoms. The van der Waals surface area contributed by atoms with E-state index in [9.17, 15) is 13.2 Å². The summed E-state index contributed by atoms with van der Waals surface area (Å²) in [6.07, 6.45) is 0.127. The highest BCUT2D eigenvalue weighted by molar-refractivity contribution is 8.16. The van der Waals surface area contributed by atoms with Crippen molar-refractivity contribution in [1.82, 2.24) is 0 Å². The predicted octanol–water partition coefficient (Wildman–Crippen LogP) is 3.20. The second-order valence-electron chi connectivity index (χ2n) is 7.30. The summed E-state index contributed by atoms with van der Waals surface area (Å²) in [6, 6.07) is 12.0. The second kappa shape index (κ2) is 8.72. The summed E-state index contributed by atoms with van der Waals surface area (Å²) >= 11 is 7.23. The number of thioether (sulfide) groups is 1. The Balaban J connectivity index is 1.69. The Morgan fingerprint density at radius 2 is 1.90 bits per heavy atom. The van der Waals surface area contributed by atoms with E-state index in [4.69, 9.17) is 21.1 Å². The van der Waals surface area contributed by atoms with Crippen molar-refractivity contribution in [2.24, 2.45) is 4.99 Å². The first kappa shape index (κ1) is 22.0. The monoisotopic (exact) mass is 480 g/mol. The number of rotatable bonds is 5. The maximum Gasteiger partial charge on any atom is 0.252 e. The van der Waals surface area contributed by atoms with Gasteiger partial charge < -0.3 is 14.4 Å². The highest BCUT2D eigenvalue weighted by atomic mass is 35.5. The standard InChI is InChI=1S/C21H21ClN2O5S2/c1-28-15-7-8-16(18(10-15)29-2)24-17-11-31(26,27)12-19(17)30-21(24)23-20(25)9-13-3-5-14(22)6-4-13/h3-8,10,17,19H,9,11-12H2,1-2H3/t17-,19-/m1/s1. The van der Waals surface area contributed by atoms with Crippen LogP contribution >= 0.6 is 23.4 Å². The zero-order valence-corrected chi connectivity index (χ0v) is 19.3. The first-order valence-corrected chi connectivity index (χ1v) is 12.6. The summed E-state index contributed by atoms with van der Waals surface area (Å²) < 4.78 is 35.3. The molecule has 7 nitrogen and oxygen atoms in total. The summed E-state index contributed by atoms with van der Waals surface area (Å²) in [4.78, 5) is 18.9. The number of carbonyl (C=O) groups is 1. The normalized spacial score (nSPS) is 23.1. The number of benzene rings is 2. The van der Waals surface area contributed by atoms with Crippen molar-refractivity contribution in [2.75, 3.05) is 30.6 Å². The molecule has 31 heavy (non-hydrogen) atoms. The Morgan fingerprint density at radius 3 is 2.58 bits per heavy atom. The summed E-state index contributed by atoms with van der Waals surface area (Å²) in [5, 5.41) is 0.881. The maximum atomic E-state index is 12.7. The number of halogens is 1. The van der Waals surface area contributed by atoms with Crippen LogP contribution in [0.5, 0.6) is 11.5 Å². The highest BCUT2D eigenvalue weighted by Crippen LogP contribution is 2.44. The quantitative estimate of drug-likeness (QED) is 0.649. The number of hydrogen-bond acceptors (Lipinski definition) is 6. The number of nitrogens with zero attached hydrogens (tertiary/aromatic N) is 2. The molecule has 164 valence electrons. The van der Waals surface area contributed by atoms with Crippen molar-refractivity contribution in [3.63, 3.8) is 0 Å². The van der Waals surface area contributed by atoms with Crippen molar-refractivity contribution < 1.29 is 22.7 Å². The van der Waals surface area contributed by atoms with E-state index >= 15 is 0 Å². The maximum absolute atomic E-state index is 12.7. The minimum Gasteiger partial charge on any atom is -0.497 e. The minimum atomic E-state index is -3.16. The molecule has 4 rings (SSSR count). The number of amides is 1. The topological polar surface area (TPSA) is 85.3 Å². The number of methoxy groups -OCH3 is 2. The molecule has 2 aromatic carbocycles. The highest BCUT2D eigenvalue weighted by Gasteiger charge is 2.50. The van der Waals surface area contributed by atoms with Crippen LogP contribution < -0.4 is 14.4 Å². The molecule has 2 saturated heterocycles. The van der Waals surface area contributed by atoms with Gasteiger partial charge in [0, 0.05) is 16.3 Å². The van der Waals surface area contributed by atoms with Gasteiger partial charge >= 0.3 is 0 Å². The fraction of sp³-hybridized carbons (Fsp3) is 0.333. The lowest BCUT2D eigenvalue weighted by molar-refractivity contribution is -0.117. The lowest BCUT2D eigenvalue weighted by atomic mass is 10.1. The predicted molar refractivity (Wildman–Crippen MR) is 123 cm³/mol. The Bertz CT molecular complexity index is 1130. The van der Waals surface area contributed by atoms with Gasteiger partial charge in [-0.2, -0.15) is 4.99 Å². The van der Waals surface area contributed by atoms with Crippen LogP contribution in [-0.2, 0) is 21.1 Å². The van der Waals surface area contributed by atoms with E-state index in [1.165, 1.54) is 18.9 Å². The Labute approximate surface area is 190 Å². The van der Waals surface area contributed by atoms with E-state index < -0.39 is 9.84 Å². The largest absolute Gasteiger partial charge is 0.497 e. The third kappa shape index (κ3) is 4.68. The van der Waals surface area contributed by atoms with Gasteiger partial charge in [0.15, 0.2) is 15.0 Å². The van der Waals surface area contributed by atoms with E-state index in [-0.39, 0.29) is 35.1 Å².